The Labute approximate surface area is 195 Å². The van der Waals surface area contributed by atoms with E-state index in [1.54, 1.807) is 16.7 Å². The van der Waals surface area contributed by atoms with Gasteiger partial charge in [0.25, 0.3) is 5.56 Å². The standard InChI is InChI=1S/C23H26ClN3O2S2/c1-13-6-5-7-14(2)26(13)19(28)12-30-23-25-21-20(15(3)16(4)31-21)22(29)27(23)18-10-8-17(24)9-11-18/h8-11,13-14H,5-7,12H2,1-4H3/t13-,14-/m0/s1. The van der Waals surface area contributed by atoms with E-state index in [1.165, 1.54) is 23.1 Å². The lowest BCUT2D eigenvalue weighted by molar-refractivity contribution is -0.134. The van der Waals surface area contributed by atoms with Gasteiger partial charge in [-0.25, -0.2) is 4.98 Å². The van der Waals surface area contributed by atoms with Crippen LogP contribution in [0.2, 0.25) is 5.02 Å². The van der Waals surface area contributed by atoms with E-state index in [1.807, 2.05) is 30.9 Å². The number of amides is 1. The lowest BCUT2D eigenvalue weighted by atomic mass is 9.98. The van der Waals surface area contributed by atoms with Crippen LogP contribution in [0, 0.1) is 13.8 Å². The molecular weight excluding hydrogens is 450 g/mol. The van der Waals surface area contributed by atoms with Crippen LogP contribution in [0.4, 0.5) is 0 Å². The van der Waals surface area contributed by atoms with Crippen molar-refractivity contribution in [3.05, 3.63) is 50.1 Å². The second kappa shape index (κ2) is 8.96. The minimum Gasteiger partial charge on any atom is -0.337 e. The van der Waals surface area contributed by atoms with Gasteiger partial charge in [0, 0.05) is 22.0 Å². The van der Waals surface area contributed by atoms with Crippen LogP contribution in [-0.4, -0.2) is 38.2 Å². The van der Waals surface area contributed by atoms with Gasteiger partial charge in [-0.05, 0) is 76.8 Å². The molecule has 3 heterocycles. The van der Waals surface area contributed by atoms with Gasteiger partial charge in [0.1, 0.15) is 4.83 Å². The first-order valence-corrected chi connectivity index (χ1v) is 12.7. The van der Waals surface area contributed by atoms with Crippen molar-refractivity contribution in [1.29, 1.82) is 0 Å². The monoisotopic (exact) mass is 475 g/mol. The van der Waals surface area contributed by atoms with Crippen molar-refractivity contribution in [3.63, 3.8) is 0 Å². The lowest BCUT2D eigenvalue weighted by Crippen LogP contribution is -2.48. The number of aryl methyl sites for hydroxylation is 2. The Morgan fingerprint density at radius 3 is 2.48 bits per heavy atom. The SMILES string of the molecule is Cc1sc2nc(SCC(=O)N3[C@@H](C)CCC[C@@H]3C)n(-c3ccc(Cl)cc3)c(=O)c2c1C. The van der Waals surface area contributed by atoms with Crippen LogP contribution in [-0.2, 0) is 4.79 Å². The van der Waals surface area contributed by atoms with Crippen LogP contribution in [0.3, 0.4) is 0 Å². The van der Waals surface area contributed by atoms with E-state index < -0.39 is 0 Å². The summed E-state index contributed by atoms with van der Waals surface area (Å²) < 4.78 is 1.61. The highest BCUT2D eigenvalue weighted by molar-refractivity contribution is 7.99. The number of carbonyl (C=O) groups excluding carboxylic acids is 1. The van der Waals surface area contributed by atoms with Crippen LogP contribution in [0.5, 0.6) is 0 Å². The maximum atomic E-state index is 13.5. The lowest BCUT2D eigenvalue weighted by Gasteiger charge is -2.39. The molecule has 0 N–H and O–H groups in total. The topological polar surface area (TPSA) is 55.2 Å². The minimum atomic E-state index is -0.108. The molecule has 0 saturated carbocycles. The number of fused-ring (bicyclic) bond motifs is 1. The molecule has 1 aliphatic rings. The summed E-state index contributed by atoms with van der Waals surface area (Å²) in [4.78, 5) is 35.2. The van der Waals surface area contributed by atoms with E-state index in [0.717, 1.165) is 34.5 Å². The quantitative estimate of drug-likeness (QED) is 0.364. The van der Waals surface area contributed by atoms with E-state index >= 15 is 0 Å². The molecule has 164 valence electrons. The second-order valence-corrected chi connectivity index (χ2v) is 10.8. The molecule has 2 atom stereocenters. The van der Waals surface area contributed by atoms with Crippen molar-refractivity contribution < 1.29 is 4.79 Å². The molecule has 3 aromatic rings. The molecule has 1 amide bonds. The number of hydrogen-bond donors (Lipinski definition) is 0. The van der Waals surface area contributed by atoms with Crippen molar-refractivity contribution in [3.8, 4) is 5.69 Å². The molecule has 0 aliphatic carbocycles. The number of aromatic nitrogens is 2. The summed E-state index contributed by atoms with van der Waals surface area (Å²) in [6.07, 6.45) is 3.23. The Balaban J connectivity index is 1.74. The molecule has 8 heteroatoms. The summed E-state index contributed by atoms with van der Waals surface area (Å²) in [5, 5.41) is 1.78. The summed E-state index contributed by atoms with van der Waals surface area (Å²) in [5.74, 6) is 0.351. The number of rotatable bonds is 4. The Morgan fingerprint density at radius 1 is 1.19 bits per heavy atom. The number of carbonyl (C=O) groups is 1. The van der Waals surface area contributed by atoms with E-state index in [4.69, 9.17) is 16.6 Å². The Hall–Kier alpha value is -1.83. The average Bonchev–Trinajstić information content (AvgIpc) is 3.01. The van der Waals surface area contributed by atoms with Crippen LogP contribution in [0.1, 0.15) is 43.6 Å². The molecule has 0 bridgehead atoms. The zero-order valence-corrected chi connectivity index (χ0v) is 20.5. The highest BCUT2D eigenvalue weighted by atomic mass is 35.5. The molecule has 0 spiro atoms. The van der Waals surface area contributed by atoms with Gasteiger partial charge < -0.3 is 4.90 Å². The van der Waals surface area contributed by atoms with Crippen LogP contribution < -0.4 is 5.56 Å². The largest absolute Gasteiger partial charge is 0.337 e. The van der Waals surface area contributed by atoms with E-state index in [9.17, 15) is 9.59 Å². The molecule has 1 aliphatic heterocycles. The number of likely N-dealkylation sites (tertiary alicyclic amines) is 1. The number of benzene rings is 1. The van der Waals surface area contributed by atoms with Crippen molar-refractivity contribution in [1.82, 2.24) is 14.5 Å². The molecule has 2 aromatic heterocycles. The number of hydrogen-bond acceptors (Lipinski definition) is 5. The fourth-order valence-electron chi connectivity index (χ4n) is 4.30. The zero-order valence-electron chi connectivity index (χ0n) is 18.1. The first kappa shape index (κ1) is 22.4. The van der Waals surface area contributed by atoms with Crippen molar-refractivity contribution in [2.45, 2.75) is 64.2 Å². The second-order valence-electron chi connectivity index (χ2n) is 8.19. The van der Waals surface area contributed by atoms with Gasteiger partial charge in [-0.3, -0.25) is 14.2 Å². The third-order valence-electron chi connectivity index (χ3n) is 6.06. The summed E-state index contributed by atoms with van der Waals surface area (Å²) in [7, 11) is 0. The maximum absolute atomic E-state index is 13.5. The van der Waals surface area contributed by atoms with Gasteiger partial charge in [-0.2, -0.15) is 0 Å². The summed E-state index contributed by atoms with van der Waals surface area (Å²) >= 11 is 8.91. The van der Waals surface area contributed by atoms with Gasteiger partial charge in [-0.1, -0.05) is 23.4 Å². The van der Waals surface area contributed by atoms with Crippen LogP contribution in [0.25, 0.3) is 15.9 Å². The highest BCUT2D eigenvalue weighted by Gasteiger charge is 2.29. The maximum Gasteiger partial charge on any atom is 0.267 e. The van der Waals surface area contributed by atoms with Gasteiger partial charge in [0.2, 0.25) is 5.91 Å². The van der Waals surface area contributed by atoms with Gasteiger partial charge >= 0.3 is 0 Å². The number of thiophene rings is 1. The number of nitrogens with zero attached hydrogens (tertiary/aromatic N) is 3. The fraction of sp³-hybridized carbons (Fsp3) is 0.435. The molecular formula is C23H26ClN3O2S2. The fourth-order valence-corrected chi connectivity index (χ4v) is 6.38. The normalized spacial score (nSPS) is 19.2. The molecule has 0 unspecified atom stereocenters. The third-order valence-corrected chi connectivity index (χ3v) is 8.34. The average molecular weight is 476 g/mol. The van der Waals surface area contributed by atoms with Crippen molar-refractivity contribution in [2.24, 2.45) is 0 Å². The summed E-state index contributed by atoms with van der Waals surface area (Å²) in [6.45, 7) is 8.19. The molecule has 1 aromatic carbocycles. The molecule has 1 saturated heterocycles. The smallest absolute Gasteiger partial charge is 0.267 e. The van der Waals surface area contributed by atoms with Gasteiger partial charge in [0.05, 0.1) is 16.8 Å². The molecule has 4 rings (SSSR count). The molecule has 0 radical (unpaired) electrons. The first-order valence-electron chi connectivity index (χ1n) is 10.5. The summed E-state index contributed by atoms with van der Waals surface area (Å²) in [5.41, 5.74) is 1.55. The van der Waals surface area contributed by atoms with Gasteiger partial charge in [0.15, 0.2) is 5.16 Å². The van der Waals surface area contributed by atoms with Gasteiger partial charge in [-0.15, -0.1) is 11.3 Å². The minimum absolute atomic E-state index is 0.0974. The Morgan fingerprint density at radius 2 is 1.84 bits per heavy atom. The highest BCUT2D eigenvalue weighted by Crippen LogP contribution is 2.30. The van der Waals surface area contributed by atoms with Crippen molar-refractivity contribution >= 4 is 50.8 Å². The van der Waals surface area contributed by atoms with Crippen molar-refractivity contribution in [2.75, 3.05) is 5.75 Å². The number of thioether (sulfide) groups is 1. The molecule has 1 fully saturated rings. The number of piperidine rings is 1. The van der Waals surface area contributed by atoms with Crippen LogP contribution >= 0.6 is 34.7 Å². The predicted molar refractivity (Wildman–Crippen MR) is 130 cm³/mol. The van der Waals surface area contributed by atoms with E-state index in [2.05, 4.69) is 13.8 Å². The van der Waals surface area contributed by atoms with E-state index in [-0.39, 0.29) is 29.3 Å². The Bertz CT molecular complexity index is 1180. The summed E-state index contributed by atoms with van der Waals surface area (Å²) in [6, 6.07) is 7.63. The number of halogens is 1. The third kappa shape index (κ3) is 4.28. The predicted octanol–water partition coefficient (Wildman–Crippen LogP) is 5.60. The van der Waals surface area contributed by atoms with E-state index in [0.29, 0.717) is 21.3 Å². The molecule has 31 heavy (non-hydrogen) atoms. The zero-order chi connectivity index (χ0) is 22.3. The van der Waals surface area contributed by atoms with Crippen LogP contribution in [0.15, 0.2) is 34.2 Å². The first-order chi connectivity index (χ1) is 14.8. The Kier molecular flexibility index (Phi) is 6.47. The molecule has 5 nitrogen and oxygen atoms in total.